The summed E-state index contributed by atoms with van der Waals surface area (Å²) < 4.78 is 1.69. The van der Waals surface area contributed by atoms with E-state index in [4.69, 9.17) is 11.6 Å². The first-order valence-corrected chi connectivity index (χ1v) is 7.41. The van der Waals surface area contributed by atoms with Gasteiger partial charge < -0.3 is 10.0 Å². The van der Waals surface area contributed by atoms with E-state index in [9.17, 15) is 5.11 Å². The van der Waals surface area contributed by atoms with Crippen molar-refractivity contribution in [3.63, 3.8) is 0 Å². The zero-order chi connectivity index (χ0) is 13.9. The number of fused-ring (bicyclic) bond motifs is 1. The SMILES string of the molecule is OCCN(c1cc(Cl)nc2ncnn12)C1CCCCC1. The summed E-state index contributed by atoms with van der Waals surface area (Å²) in [7, 11) is 0. The molecular weight excluding hydrogens is 278 g/mol. The molecule has 2 heterocycles. The largest absolute Gasteiger partial charge is 0.395 e. The maximum Gasteiger partial charge on any atom is 0.255 e. The fourth-order valence-corrected chi connectivity index (χ4v) is 3.13. The number of aromatic nitrogens is 4. The average Bonchev–Trinajstić information content (AvgIpc) is 2.93. The second kappa shape index (κ2) is 5.93. The summed E-state index contributed by atoms with van der Waals surface area (Å²) in [5, 5.41) is 14.0. The zero-order valence-corrected chi connectivity index (χ0v) is 12.0. The summed E-state index contributed by atoms with van der Waals surface area (Å²) in [4.78, 5) is 10.4. The van der Waals surface area contributed by atoms with Crippen molar-refractivity contribution in [2.75, 3.05) is 18.1 Å². The van der Waals surface area contributed by atoms with Crippen LogP contribution in [0.2, 0.25) is 5.15 Å². The minimum atomic E-state index is 0.104. The predicted molar refractivity (Wildman–Crippen MR) is 77.1 cm³/mol. The van der Waals surface area contributed by atoms with Gasteiger partial charge in [0.25, 0.3) is 5.78 Å². The van der Waals surface area contributed by atoms with Crippen molar-refractivity contribution >= 4 is 23.2 Å². The fraction of sp³-hybridized carbons (Fsp3) is 0.615. The van der Waals surface area contributed by atoms with Crippen LogP contribution in [0.4, 0.5) is 5.82 Å². The third-order valence-corrected chi connectivity index (χ3v) is 4.05. The topological polar surface area (TPSA) is 66.5 Å². The standard InChI is InChI=1S/C13H18ClN5O/c14-11-8-12(19-13(17-11)15-9-16-19)18(6-7-20)10-4-2-1-3-5-10/h8-10,20H,1-7H2. The van der Waals surface area contributed by atoms with Crippen LogP contribution in [0.5, 0.6) is 0 Å². The zero-order valence-electron chi connectivity index (χ0n) is 11.2. The third-order valence-electron chi connectivity index (χ3n) is 3.85. The number of hydrogen-bond acceptors (Lipinski definition) is 5. The van der Waals surface area contributed by atoms with Crippen LogP contribution in [0.1, 0.15) is 32.1 Å². The molecule has 2 aromatic heterocycles. The highest BCUT2D eigenvalue weighted by Crippen LogP contribution is 2.28. The molecule has 0 radical (unpaired) electrons. The van der Waals surface area contributed by atoms with Crippen LogP contribution in [0.25, 0.3) is 5.78 Å². The summed E-state index contributed by atoms with van der Waals surface area (Å²) in [6, 6.07) is 2.22. The van der Waals surface area contributed by atoms with E-state index >= 15 is 0 Å². The van der Waals surface area contributed by atoms with E-state index < -0.39 is 0 Å². The summed E-state index contributed by atoms with van der Waals surface area (Å²) in [5.74, 6) is 1.35. The molecule has 108 valence electrons. The smallest absolute Gasteiger partial charge is 0.255 e. The van der Waals surface area contributed by atoms with Crippen LogP contribution in [0.15, 0.2) is 12.4 Å². The van der Waals surface area contributed by atoms with Crippen molar-refractivity contribution in [1.29, 1.82) is 0 Å². The van der Waals surface area contributed by atoms with Crippen LogP contribution >= 0.6 is 11.6 Å². The highest BCUT2D eigenvalue weighted by molar-refractivity contribution is 6.29. The molecule has 0 unspecified atom stereocenters. The van der Waals surface area contributed by atoms with Crippen molar-refractivity contribution in [3.05, 3.63) is 17.5 Å². The lowest BCUT2D eigenvalue weighted by Crippen LogP contribution is -2.40. The van der Waals surface area contributed by atoms with Gasteiger partial charge in [-0.3, -0.25) is 0 Å². The molecule has 7 heteroatoms. The molecule has 3 rings (SSSR count). The van der Waals surface area contributed by atoms with E-state index in [0.717, 1.165) is 18.7 Å². The van der Waals surface area contributed by atoms with Crippen LogP contribution < -0.4 is 4.90 Å². The van der Waals surface area contributed by atoms with Gasteiger partial charge in [-0.15, -0.1) is 0 Å². The molecule has 0 bridgehead atoms. The quantitative estimate of drug-likeness (QED) is 0.873. The Kier molecular flexibility index (Phi) is 4.03. The molecule has 20 heavy (non-hydrogen) atoms. The van der Waals surface area contributed by atoms with Gasteiger partial charge in [-0.05, 0) is 12.8 Å². The Labute approximate surface area is 122 Å². The van der Waals surface area contributed by atoms with E-state index in [2.05, 4.69) is 20.0 Å². The molecule has 1 N–H and O–H groups in total. The number of hydrogen-bond donors (Lipinski definition) is 1. The number of nitrogens with zero attached hydrogens (tertiary/aromatic N) is 5. The number of halogens is 1. The van der Waals surface area contributed by atoms with Gasteiger partial charge in [-0.2, -0.15) is 19.6 Å². The molecule has 1 aliphatic carbocycles. The molecule has 1 fully saturated rings. The molecule has 0 atom stereocenters. The second-order valence-corrected chi connectivity index (χ2v) is 5.50. The average molecular weight is 296 g/mol. The van der Waals surface area contributed by atoms with Crippen LogP contribution in [-0.4, -0.2) is 43.9 Å². The Morgan fingerprint density at radius 3 is 2.90 bits per heavy atom. The van der Waals surface area contributed by atoms with Gasteiger partial charge in [-0.1, -0.05) is 30.9 Å². The molecule has 2 aromatic rings. The summed E-state index contributed by atoms with van der Waals surface area (Å²) in [6.45, 7) is 0.673. The minimum absolute atomic E-state index is 0.104. The van der Waals surface area contributed by atoms with Gasteiger partial charge in [0, 0.05) is 18.7 Å². The Bertz CT molecular complexity index is 581. The Morgan fingerprint density at radius 2 is 2.15 bits per heavy atom. The van der Waals surface area contributed by atoms with E-state index in [0.29, 0.717) is 23.5 Å². The molecule has 6 nitrogen and oxygen atoms in total. The molecular formula is C13H18ClN5O. The van der Waals surface area contributed by atoms with E-state index in [1.807, 2.05) is 0 Å². The van der Waals surface area contributed by atoms with Gasteiger partial charge in [0.1, 0.15) is 17.3 Å². The monoisotopic (exact) mass is 295 g/mol. The highest BCUT2D eigenvalue weighted by atomic mass is 35.5. The first-order chi connectivity index (χ1) is 9.79. The van der Waals surface area contributed by atoms with E-state index in [-0.39, 0.29) is 6.61 Å². The van der Waals surface area contributed by atoms with Crippen molar-refractivity contribution in [2.24, 2.45) is 0 Å². The molecule has 1 saturated carbocycles. The van der Waals surface area contributed by atoms with Gasteiger partial charge in [0.15, 0.2) is 0 Å². The normalized spacial score (nSPS) is 16.7. The van der Waals surface area contributed by atoms with Crippen molar-refractivity contribution in [2.45, 2.75) is 38.1 Å². The number of anilines is 1. The van der Waals surface area contributed by atoms with Gasteiger partial charge >= 0.3 is 0 Å². The number of aliphatic hydroxyl groups is 1. The van der Waals surface area contributed by atoms with Crippen LogP contribution in [-0.2, 0) is 0 Å². The van der Waals surface area contributed by atoms with Crippen molar-refractivity contribution in [1.82, 2.24) is 19.6 Å². The lowest BCUT2D eigenvalue weighted by Gasteiger charge is -2.35. The Balaban J connectivity index is 2.01. The molecule has 0 saturated heterocycles. The number of aliphatic hydroxyl groups excluding tert-OH is 1. The predicted octanol–water partition coefficient (Wildman–Crippen LogP) is 1.91. The molecule has 0 aliphatic heterocycles. The highest BCUT2D eigenvalue weighted by Gasteiger charge is 2.24. The van der Waals surface area contributed by atoms with Crippen LogP contribution in [0, 0.1) is 0 Å². The van der Waals surface area contributed by atoms with Crippen LogP contribution in [0.3, 0.4) is 0 Å². The van der Waals surface area contributed by atoms with Gasteiger partial charge in [0.05, 0.1) is 6.61 Å². The van der Waals surface area contributed by atoms with E-state index in [1.165, 1.54) is 25.6 Å². The second-order valence-electron chi connectivity index (χ2n) is 5.12. The summed E-state index contributed by atoms with van der Waals surface area (Å²) in [5.41, 5.74) is 0. The maximum atomic E-state index is 9.39. The van der Waals surface area contributed by atoms with Gasteiger partial charge in [0.2, 0.25) is 0 Å². The van der Waals surface area contributed by atoms with Crippen molar-refractivity contribution in [3.8, 4) is 0 Å². The fourth-order valence-electron chi connectivity index (χ4n) is 2.96. The first kappa shape index (κ1) is 13.6. The van der Waals surface area contributed by atoms with Gasteiger partial charge in [-0.25, -0.2) is 0 Å². The molecule has 1 aliphatic rings. The first-order valence-electron chi connectivity index (χ1n) is 7.03. The number of rotatable bonds is 4. The Hall–Kier alpha value is -1.40. The van der Waals surface area contributed by atoms with Crippen molar-refractivity contribution < 1.29 is 5.11 Å². The third kappa shape index (κ3) is 2.58. The Morgan fingerprint density at radius 1 is 1.35 bits per heavy atom. The van der Waals surface area contributed by atoms with E-state index in [1.54, 1.807) is 10.6 Å². The molecule has 0 amide bonds. The maximum absolute atomic E-state index is 9.39. The summed E-state index contributed by atoms with van der Waals surface area (Å²) >= 11 is 6.08. The minimum Gasteiger partial charge on any atom is -0.395 e. The molecule has 0 aromatic carbocycles. The summed E-state index contributed by atoms with van der Waals surface area (Å²) in [6.07, 6.45) is 7.49. The lowest BCUT2D eigenvalue weighted by atomic mass is 9.94. The lowest BCUT2D eigenvalue weighted by molar-refractivity contribution is 0.289. The molecule has 0 spiro atoms.